The standard InChI is InChI=1S/C21H27N5O2/c1-20(2)12-26(8-9-27-20)18-11-17(24-13-25-18)19(23)15-10-14(4-5-16(15)22)28-21(3)6-7-21/h4-5,10-11,13,23H,6-9,12,22H2,1-3H3. The summed E-state index contributed by atoms with van der Waals surface area (Å²) >= 11 is 0. The minimum Gasteiger partial charge on any atom is -0.488 e. The highest BCUT2D eigenvalue weighted by atomic mass is 16.5. The maximum Gasteiger partial charge on any atom is 0.132 e. The predicted octanol–water partition coefficient (Wildman–Crippen LogP) is 3.02. The van der Waals surface area contributed by atoms with Gasteiger partial charge in [-0.25, -0.2) is 9.97 Å². The van der Waals surface area contributed by atoms with Crippen LogP contribution in [-0.4, -0.2) is 46.6 Å². The second-order valence-corrected chi connectivity index (χ2v) is 8.47. The number of hydrogen-bond acceptors (Lipinski definition) is 7. The lowest BCUT2D eigenvalue weighted by Crippen LogP contribution is -2.48. The zero-order chi connectivity index (χ0) is 19.9. The molecule has 2 aromatic rings. The predicted molar refractivity (Wildman–Crippen MR) is 109 cm³/mol. The van der Waals surface area contributed by atoms with Crippen molar-refractivity contribution >= 4 is 17.2 Å². The molecule has 7 nitrogen and oxygen atoms in total. The van der Waals surface area contributed by atoms with Crippen LogP contribution >= 0.6 is 0 Å². The number of rotatable bonds is 5. The van der Waals surface area contributed by atoms with Crippen molar-refractivity contribution in [3.63, 3.8) is 0 Å². The Labute approximate surface area is 165 Å². The van der Waals surface area contributed by atoms with E-state index >= 15 is 0 Å². The van der Waals surface area contributed by atoms with Crippen molar-refractivity contribution in [2.75, 3.05) is 30.3 Å². The van der Waals surface area contributed by atoms with Gasteiger partial charge in [-0.2, -0.15) is 0 Å². The molecule has 2 aliphatic rings. The number of anilines is 2. The Morgan fingerprint density at radius 2 is 2.00 bits per heavy atom. The second kappa shape index (κ2) is 6.74. The highest BCUT2D eigenvalue weighted by Gasteiger charge is 2.40. The topological polar surface area (TPSA) is 97.4 Å². The Morgan fingerprint density at radius 1 is 1.21 bits per heavy atom. The molecule has 3 N–H and O–H groups in total. The zero-order valence-electron chi connectivity index (χ0n) is 16.7. The van der Waals surface area contributed by atoms with Crippen molar-refractivity contribution in [2.24, 2.45) is 0 Å². The van der Waals surface area contributed by atoms with Gasteiger partial charge in [0.1, 0.15) is 23.5 Å². The van der Waals surface area contributed by atoms with Gasteiger partial charge in [-0.3, -0.25) is 5.41 Å². The van der Waals surface area contributed by atoms with Crippen LogP contribution < -0.4 is 15.4 Å². The number of morpholine rings is 1. The molecule has 4 rings (SSSR count). The molecule has 1 aromatic carbocycles. The zero-order valence-corrected chi connectivity index (χ0v) is 16.7. The molecular weight excluding hydrogens is 354 g/mol. The minimum absolute atomic E-state index is 0.0825. The van der Waals surface area contributed by atoms with E-state index in [0.29, 0.717) is 23.6 Å². The largest absolute Gasteiger partial charge is 0.488 e. The molecule has 148 valence electrons. The summed E-state index contributed by atoms with van der Waals surface area (Å²) in [6.45, 7) is 8.37. The normalized spacial score (nSPS) is 19.9. The van der Waals surface area contributed by atoms with Crippen molar-refractivity contribution < 1.29 is 9.47 Å². The number of nitrogens with one attached hydrogen (secondary N) is 1. The van der Waals surface area contributed by atoms with Gasteiger partial charge in [-0.05, 0) is 51.8 Å². The van der Waals surface area contributed by atoms with Gasteiger partial charge < -0.3 is 20.1 Å². The van der Waals surface area contributed by atoms with E-state index in [1.54, 1.807) is 6.07 Å². The van der Waals surface area contributed by atoms with E-state index in [4.69, 9.17) is 20.6 Å². The monoisotopic (exact) mass is 381 g/mol. The lowest BCUT2D eigenvalue weighted by atomic mass is 10.0. The highest BCUT2D eigenvalue weighted by Crippen LogP contribution is 2.40. The Hall–Kier alpha value is -2.67. The van der Waals surface area contributed by atoms with E-state index in [1.165, 1.54) is 6.33 Å². The van der Waals surface area contributed by atoms with E-state index in [9.17, 15) is 0 Å². The number of benzene rings is 1. The van der Waals surface area contributed by atoms with Crippen LogP contribution in [0.15, 0.2) is 30.6 Å². The molecule has 0 amide bonds. The molecular formula is C21H27N5O2. The van der Waals surface area contributed by atoms with E-state index in [-0.39, 0.29) is 16.9 Å². The number of hydrogen-bond donors (Lipinski definition) is 2. The van der Waals surface area contributed by atoms with Gasteiger partial charge in [0.05, 0.1) is 23.6 Å². The first-order valence-electron chi connectivity index (χ1n) is 9.64. The first-order chi connectivity index (χ1) is 13.2. The molecule has 1 aliphatic carbocycles. The van der Waals surface area contributed by atoms with Crippen LogP contribution in [0.25, 0.3) is 0 Å². The van der Waals surface area contributed by atoms with Crippen molar-refractivity contribution in [3.8, 4) is 5.75 Å². The summed E-state index contributed by atoms with van der Waals surface area (Å²) in [6.07, 6.45) is 3.61. The lowest BCUT2D eigenvalue weighted by Gasteiger charge is -2.38. The van der Waals surface area contributed by atoms with Gasteiger partial charge in [0.2, 0.25) is 0 Å². The fraction of sp³-hybridized carbons (Fsp3) is 0.476. The molecule has 28 heavy (non-hydrogen) atoms. The van der Waals surface area contributed by atoms with Crippen molar-refractivity contribution in [3.05, 3.63) is 41.9 Å². The van der Waals surface area contributed by atoms with Crippen LogP contribution in [0.3, 0.4) is 0 Å². The molecule has 1 saturated carbocycles. The Morgan fingerprint density at radius 3 is 2.71 bits per heavy atom. The summed E-state index contributed by atoms with van der Waals surface area (Å²) in [7, 11) is 0. The molecule has 0 bridgehead atoms. The van der Waals surface area contributed by atoms with Gasteiger partial charge in [0.15, 0.2) is 0 Å². The third kappa shape index (κ3) is 3.94. The van der Waals surface area contributed by atoms with E-state index in [2.05, 4.69) is 35.6 Å². The molecule has 1 aliphatic heterocycles. The molecule has 2 fully saturated rings. The minimum atomic E-state index is -0.230. The maximum absolute atomic E-state index is 8.67. The van der Waals surface area contributed by atoms with Crippen molar-refractivity contribution in [1.29, 1.82) is 5.41 Å². The van der Waals surface area contributed by atoms with Gasteiger partial charge >= 0.3 is 0 Å². The Bertz CT molecular complexity index is 907. The summed E-state index contributed by atoms with van der Waals surface area (Å²) in [5.41, 5.74) is 7.80. The fourth-order valence-electron chi connectivity index (χ4n) is 3.38. The number of nitrogens with zero attached hydrogens (tertiary/aromatic N) is 3. The van der Waals surface area contributed by atoms with Crippen molar-refractivity contribution in [2.45, 2.75) is 44.8 Å². The lowest BCUT2D eigenvalue weighted by molar-refractivity contribution is -0.0279. The summed E-state index contributed by atoms with van der Waals surface area (Å²) in [5, 5.41) is 8.67. The molecule has 0 spiro atoms. The molecule has 7 heteroatoms. The quantitative estimate of drug-likeness (QED) is 0.610. The fourth-order valence-corrected chi connectivity index (χ4v) is 3.38. The number of nitrogen functional groups attached to an aromatic ring is 1. The summed E-state index contributed by atoms with van der Waals surface area (Å²) in [5.74, 6) is 1.53. The van der Waals surface area contributed by atoms with Gasteiger partial charge in [-0.1, -0.05) is 0 Å². The molecule has 2 heterocycles. The molecule has 0 atom stereocenters. The van der Waals surface area contributed by atoms with Crippen LogP contribution in [0.2, 0.25) is 0 Å². The highest BCUT2D eigenvalue weighted by molar-refractivity contribution is 6.13. The summed E-state index contributed by atoms with van der Waals surface area (Å²) in [6, 6.07) is 7.33. The first-order valence-corrected chi connectivity index (χ1v) is 9.64. The van der Waals surface area contributed by atoms with Gasteiger partial charge in [0.25, 0.3) is 0 Å². The van der Waals surface area contributed by atoms with Crippen LogP contribution in [-0.2, 0) is 4.74 Å². The molecule has 0 radical (unpaired) electrons. The summed E-state index contributed by atoms with van der Waals surface area (Å²) < 4.78 is 11.8. The second-order valence-electron chi connectivity index (χ2n) is 8.47. The SMILES string of the molecule is CC1(C)CN(c2cc(C(=N)c3cc(OC4(C)CC4)ccc3N)ncn2)CCO1. The van der Waals surface area contributed by atoms with E-state index in [1.807, 2.05) is 18.2 Å². The smallest absolute Gasteiger partial charge is 0.132 e. The third-order valence-corrected chi connectivity index (χ3v) is 5.27. The average Bonchev–Trinajstić information content (AvgIpc) is 3.39. The molecule has 1 aromatic heterocycles. The van der Waals surface area contributed by atoms with Gasteiger partial charge in [-0.15, -0.1) is 0 Å². The number of nitrogens with two attached hydrogens (primary N) is 1. The number of ether oxygens (including phenoxy) is 2. The van der Waals surface area contributed by atoms with Crippen LogP contribution in [0.4, 0.5) is 11.5 Å². The van der Waals surface area contributed by atoms with Crippen molar-refractivity contribution in [1.82, 2.24) is 9.97 Å². The van der Waals surface area contributed by atoms with Crippen LogP contribution in [0.5, 0.6) is 5.75 Å². The first kappa shape index (κ1) is 18.7. The van der Waals surface area contributed by atoms with Crippen LogP contribution in [0.1, 0.15) is 44.9 Å². The number of aromatic nitrogens is 2. The van der Waals surface area contributed by atoms with Crippen LogP contribution in [0, 0.1) is 5.41 Å². The van der Waals surface area contributed by atoms with E-state index in [0.717, 1.165) is 37.5 Å². The van der Waals surface area contributed by atoms with E-state index < -0.39 is 0 Å². The molecule has 1 saturated heterocycles. The third-order valence-electron chi connectivity index (χ3n) is 5.27. The molecule has 0 unspecified atom stereocenters. The average molecular weight is 381 g/mol. The Kier molecular flexibility index (Phi) is 4.50. The Balaban J connectivity index is 1.59. The van der Waals surface area contributed by atoms with Gasteiger partial charge in [0, 0.05) is 30.4 Å². The summed E-state index contributed by atoms with van der Waals surface area (Å²) in [4.78, 5) is 10.9. The maximum atomic E-state index is 8.67.